The van der Waals surface area contributed by atoms with Gasteiger partial charge < -0.3 is 19.5 Å². The second-order valence-corrected chi connectivity index (χ2v) is 9.81. The lowest BCUT2D eigenvalue weighted by Crippen LogP contribution is -2.27. The van der Waals surface area contributed by atoms with Crippen LogP contribution in [0.4, 0.5) is 11.4 Å². The third-order valence-electron chi connectivity index (χ3n) is 5.18. The molecule has 2 amide bonds. The number of nitrogens with zero attached hydrogens (tertiary/aromatic N) is 1. The number of thiocarbonyl (C=S) groups is 1. The number of halogens is 1. The standard InChI is InChI=1S/C27H23ClN2O5S2/c1-3-34-23-14-17(4-13-22(23)35-16-25(31)29-19-7-5-18(28)6-8-19)15-24-26(32)30(27(36)37-24)20-9-11-21(33-2)12-10-20/h4-15H,3,16H2,1-2H3,(H,29,31)/b24-15-. The number of rotatable bonds is 9. The first-order valence-electron chi connectivity index (χ1n) is 11.2. The molecule has 37 heavy (non-hydrogen) atoms. The molecule has 0 atom stereocenters. The number of benzene rings is 3. The molecular formula is C27H23ClN2O5S2. The molecule has 3 aromatic carbocycles. The maximum Gasteiger partial charge on any atom is 0.270 e. The summed E-state index contributed by atoms with van der Waals surface area (Å²) in [6.45, 7) is 2.04. The van der Waals surface area contributed by atoms with Gasteiger partial charge in [-0.25, -0.2) is 0 Å². The lowest BCUT2D eigenvalue weighted by atomic mass is 10.1. The zero-order valence-electron chi connectivity index (χ0n) is 20.0. The quantitative estimate of drug-likeness (QED) is 0.250. The van der Waals surface area contributed by atoms with Crippen LogP contribution in [0.1, 0.15) is 12.5 Å². The van der Waals surface area contributed by atoms with Gasteiger partial charge in [-0.05, 0) is 79.2 Å². The molecule has 1 aliphatic rings. The van der Waals surface area contributed by atoms with Gasteiger partial charge in [-0.3, -0.25) is 14.5 Å². The van der Waals surface area contributed by atoms with E-state index in [-0.39, 0.29) is 18.4 Å². The average molecular weight is 555 g/mol. The number of hydrogen-bond donors (Lipinski definition) is 1. The zero-order valence-corrected chi connectivity index (χ0v) is 22.4. The number of ether oxygens (including phenoxy) is 3. The molecule has 190 valence electrons. The van der Waals surface area contributed by atoms with E-state index >= 15 is 0 Å². The van der Waals surface area contributed by atoms with Gasteiger partial charge in [-0.15, -0.1) is 0 Å². The first-order chi connectivity index (χ1) is 17.9. The van der Waals surface area contributed by atoms with Crippen LogP contribution in [0.5, 0.6) is 17.2 Å². The van der Waals surface area contributed by atoms with Gasteiger partial charge in [0.25, 0.3) is 11.8 Å². The van der Waals surface area contributed by atoms with Gasteiger partial charge in [0.2, 0.25) is 0 Å². The van der Waals surface area contributed by atoms with Crippen molar-refractivity contribution in [1.82, 2.24) is 0 Å². The number of carbonyl (C=O) groups is 2. The lowest BCUT2D eigenvalue weighted by Gasteiger charge is -2.14. The Balaban J connectivity index is 1.46. The van der Waals surface area contributed by atoms with Crippen molar-refractivity contribution in [1.29, 1.82) is 0 Å². The molecule has 0 saturated carbocycles. The summed E-state index contributed by atoms with van der Waals surface area (Å²) in [5.41, 5.74) is 2.02. The van der Waals surface area contributed by atoms with E-state index in [1.54, 1.807) is 79.9 Å². The van der Waals surface area contributed by atoms with Gasteiger partial charge in [0.15, 0.2) is 22.4 Å². The van der Waals surface area contributed by atoms with Gasteiger partial charge in [0.1, 0.15) is 5.75 Å². The van der Waals surface area contributed by atoms with Crippen LogP contribution in [-0.2, 0) is 9.59 Å². The van der Waals surface area contributed by atoms with Crippen molar-refractivity contribution in [3.05, 3.63) is 82.2 Å². The number of anilines is 2. The summed E-state index contributed by atoms with van der Waals surface area (Å²) in [5, 5.41) is 3.33. The number of amides is 2. The summed E-state index contributed by atoms with van der Waals surface area (Å²) < 4.78 is 17.1. The Bertz CT molecular complexity index is 1340. The summed E-state index contributed by atoms with van der Waals surface area (Å²) in [6.07, 6.45) is 1.75. The van der Waals surface area contributed by atoms with Crippen LogP contribution in [0.15, 0.2) is 71.6 Å². The first-order valence-corrected chi connectivity index (χ1v) is 12.8. The summed E-state index contributed by atoms with van der Waals surface area (Å²) in [7, 11) is 1.58. The Morgan fingerprint density at radius 2 is 1.78 bits per heavy atom. The molecule has 10 heteroatoms. The van der Waals surface area contributed by atoms with Crippen molar-refractivity contribution in [3.63, 3.8) is 0 Å². The molecular weight excluding hydrogens is 532 g/mol. The fourth-order valence-electron chi connectivity index (χ4n) is 3.45. The van der Waals surface area contributed by atoms with E-state index in [4.69, 9.17) is 38.0 Å². The fraction of sp³-hybridized carbons (Fsp3) is 0.148. The first kappa shape index (κ1) is 26.5. The number of carbonyl (C=O) groups excluding carboxylic acids is 2. The molecule has 1 aliphatic heterocycles. The smallest absolute Gasteiger partial charge is 0.270 e. The van der Waals surface area contributed by atoms with Crippen molar-refractivity contribution in [2.24, 2.45) is 0 Å². The molecule has 7 nitrogen and oxygen atoms in total. The number of methoxy groups -OCH3 is 1. The van der Waals surface area contributed by atoms with Gasteiger partial charge in [0.05, 0.1) is 24.3 Å². The Kier molecular flexibility index (Phi) is 8.70. The van der Waals surface area contributed by atoms with Gasteiger partial charge in [-0.1, -0.05) is 41.6 Å². The maximum absolute atomic E-state index is 13.1. The summed E-state index contributed by atoms with van der Waals surface area (Å²) in [4.78, 5) is 27.4. The molecule has 0 aliphatic carbocycles. The van der Waals surface area contributed by atoms with Crippen LogP contribution in [0, 0.1) is 0 Å². The summed E-state index contributed by atoms with van der Waals surface area (Å²) in [6, 6.07) is 19.2. The van der Waals surface area contributed by atoms with Crippen LogP contribution in [0.25, 0.3) is 6.08 Å². The highest BCUT2D eigenvalue weighted by Gasteiger charge is 2.33. The number of thioether (sulfide) groups is 1. The van der Waals surface area contributed by atoms with Crippen molar-refractivity contribution < 1.29 is 23.8 Å². The van der Waals surface area contributed by atoms with Crippen LogP contribution < -0.4 is 24.4 Å². The minimum Gasteiger partial charge on any atom is -0.497 e. The minimum absolute atomic E-state index is 0.206. The molecule has 3 aromatic rings. The Labute approximate surface area is 229 Å². The van der Waals surface area contributed by atoms with Crippen molar-refractivity contribution in [3.8, 4) is 17.2 Å². The average Bonchev–Trinajstić information content (AvgIpc) is 3.17. The third-order valence-corrected chi connectivity index (χ3v) is 6.73. The molecule has 0 bridgehead atoms. The molecule has 0 radical (unpaired) electrons. The highest BCUT2D eigenvalue weighted by atomic mass is 35.5. The highest BCUT2D eigenvalue weighted by molar-refractivity contribution is 8.27. The van der Waals surface area contributed by atoms with Crippen LogP contribution in [0.3, 0.4) is 0 Å². The molecule has 0 spiro atoms. The molecule has 1 fully saturated rings. The van der Waals surface area contributed by atoms with Gasteiger partial charge in [0, 0.05) is 10.7 Å². The lowest BCUT2D eigenvalue weighted by molar-refractivity contribution is -0.118. The van der Waals surface area contributed by atoms with E-state index in [0.717, 1.165) is 5.56 Å². The Morgan fingerprint density at radius 1 is 1.05 bits per heavy atom. The maximum atomic E-state index is 13.1. The number of nitrogens with one attached hydrogen (secondary N) is 1. The monoisotopic (exact) mass is 554 g/mol. The Hall–Kier alpha value is -3.53. The molecule has 1 N–H and O–H groups in total. The largest absolute Gasteiger partial charge is 0.497 e. The summed E-state index contributed by atoms with van der Waals surface area (Å²) >= 11 is 12.6. The molecule has 1 heterocycles. The van der Waals surface area contributed by atoms with E-state index in [9.17, 15) is 9.59 Å². The minimum atomic E-state index is -0.323. The van der Waals surface area contributed by atoms with Crippen molar-refractivity contribution in [2.75, 3.05) is 30.5 Å². The van der Waals surface area contributed by atoms with E-state index in [1.807, 2.05) is 6.92 Å². The zero-order chi connectivity index (χ0) is 26.4. The highest BCUT2D eigenvalue weighted by Crippen LogP contribution is 2.37. The molecule has 0 unspecified atom stereocenters. The third kappa shape index (κ3) is 6.62. The van der Waals surface area contributed by atoms with E-state index < -0.39 is 0 Å². The SMILES string of the molecule is CCOc1cc(/C=C2\SC(=S)N(c3ccc(OC)cc3)C2=O)ccc1OCC(=O)Nc1ccc(Cl)cc1. The molecule has 4 rings (SSSR count). The normalized spacial score (nSPS) is 14.1. The van der Waals surface area contributed by atoms with Gasteiger partial charge in [-0.2, -0.15) is 0 Å². The summed E-state index contributed by atoms with van der Waals surface area (Å²) in [5.74, 6) is 1.03. The van der Waals surface area contributed by atoms with E-state index in [1.165, 1.54) is 16.7 Å². The second-order valence-electron chi connectivity index (χ2n) is 7.70. The van der Waals surface area contributed by atoms with E-state index in [0.29, 0.717) is 49.5 Å². The van der Waals surface area contributed by atoms with Crippen molar-refractivity contribution >= 4 is 69.2 Å². The van der Waals surface area contributed by atoms with E-state index in [2.05, 4.69) is 5.32 Å². The van der Waals surface area contributed by atoms with Crippen LogP contribution in [-0.4, -0.2) is 36.5 Å². The number of hydrogen-bond acceptors (Lipinski definition) is 7. The Morgan fingerprint density at radius 3 is 2.46 bits per heavy atom. The molecule has 1 saturated heterocycles. The van der Waals surface area contributed by atoms with Gasteiger partial charge >= 0.3 is 0 Å². The predicted octanol–water partition coefficient (Wildman–Crippen LogP) is 6.17. The second kappa shape index (κ2) is 12.1. The predicted molar refractivity (Wildman–Crippen MR) is 152 cm³/mol. The van der Waals surface area contributed by atoms with Crippen LogP contribution in [0.2, 0.25) is 5.02 Å². The van der Waals surface area contributed by atoms with Crippen LogP contribution >= 0.6 is 35.6 Å². The topological polar surface area (TPSA) is 77.1 Å². The van der Waals surface area contributed by atoms with Crippen molar-refractivity contribution in [2.45, 2.75) is 6.92 Å². The fourth-order valence-corrected chi connectivity index (χ4v) is 4.87. The molecule has 0 aromatic heterocycles.